The summed E-state index contributed by atoms with van der Waals surface area (Å²) in [6.07, 6.45) is 0. The molecule has 1 aromatic heterocycles. The first-order chi connectivity index (χ1) is 9.72. The number of nitrogen functional groups attached to an aromatic ring is 1. The molecule has 0 spiro atoms. The quantitative estimate of drug-likeness (QED) is 0.819. The minimum Gasteiger partial charge on any atom is -0.379 e. The first-order valence-corrected chi connectivity index (χ1v) is 6.23. The molecule has 106 valence electrons. The predicted octanol–water partition coefficient (Wildman–Crippen LogP) is 1.12. The lowest BCUT2D eigenvalue weighted by Gasteiger charge is -2.10. The van der Waals surface area contributed by atoms with Gasteiger partial charge >= 0.3 is 0 Å². The van der Waals surface area contributed by atoms with Gasteiger partial charge in [0, 0.05) is 13.2 Å². The van der Waals surface area contributed by atoms with E-state index in [1.807, 2.05) is 31.2 Å². The topological polar surface area (TPSA) is 103 Å². The first-order valence-electron chi connectivity index (χ1n) is 6.23. The summed E-state index contributed by atoms with van der Waals surface area (Å²) in [6, 6.07) is 7.73. The maximum absolute atomic E-state index is 11.8. The van der Waals surface area contributed by atoms with E-state index >= 15 is 0 Å². The van der Waals surface area contributed by atoms with Crippen LogP contribution in [0.4, 0.5) is 5.82 Å². The summed E-state index contributed by atoms with van der Waals surface area (Å²) >= 11 is 0. The van der Waals surface area contributed by atoms with Gasteiger partial charge in [-0.15, -0.1) is 0 Å². The molecule has 1 heterocycles. The third kappa shape index (κ3) is 3.33. The summed E-state index contributed by atoms with van der Waals surface area (Å²) in [4.78, 5) is 11.8. The number of nitrogens with one attached hydrogen (secondary N) is 1. The Morgan fingerprint density at radius 3 is 2.75 bits per heavy atom. The average Bonchev–Trinajstić information content (AvgIpc) is 2.89. The van der Waals surface area contributed by atoms with E-state index in [4.69, 9.17) is 10.5 Å². The number of nitrogens with zero attached hydrogens (tertiary/aromatic N) is 2. The van der Waals surface area contributed by atoms with Crippen molar-refractivity contribution in [2.75, 3.05) is 12.3 Å². The molecule has 0 aliphatic heterocycles. The number of anilines is 1. The van der Waals surface area contributed by atoms with Crippen molar-refractivity contribution in [1.82, 2.24) is 15.6 Å². The fourth-order valence-corrected chi connectivity index (χ4v) is 1.70. The number of hydrogen-bond acceptors (Lipinski definition) is 6. The van der Waals surface area contributed by atoms with Crippen LogP contribution in [0.15, 0.2) is 28.9 Å². The lowest BCUT2D eigenvalue weighted by atomic mass is 10.1. The van der Waals surface area contributed by atoms with E-state index in [-0.39, 0.29) is 11.5 Å². The van der Waals surface area contributed by atoms with Crippen LogP contribution >= 0.6 is 0 Å². The maximum Gasteiger partial charge on any atom is 0.277 e. The van der Waals surface area contributed by atoms with Gasteiger partial charge in [0.1, 0.15) is 0 Å². The molecule has 0 aliphatic carbocycles. The first kappa shape index (κ1) is 14.0. The molecule has 0 saturated heterocycles. The molecule has 3 N–H and O–H groups in total. The standard InChI is InChI=1S/C13H16N4O3/c1-2-19-8-10-6-4-3-5-9(10)7-15-13(18)11-12(14)17-20-16-11/h3-6H,2,7-8H2,1H3,(H2,14,17)(H,15,18). The third-order valence-electron chi connectivity index (χ3n) is 2.75. The van der Waals surface area contributed by atoms with Gasteiger partial charge in [-0.1, -0.05) is 24.3 Å². The second-order valence-electron chi connectivity index (χ2n) is 4.09. The number of rotatable bonds is 6. The lowest BCUT2D eigenvalue weighted by Crippen LogP contribution is -2.24. The van der Waals surface area contributed by atoms with Crippen molar-refractivity contribution in [3.05, 3.63) is 41.1 Å². The average molecular weight is 276 g/mol. The van der Waals surface area contributed by atoms with Crippen molar-refractivity contribution in [1.29, 1.82) is 0 Å². The molecular weight excluding hydrogens is 260 g/mol. The van der Waals surface area contributed by atoms with Gasteiger partial charge in [0.25, 0.3) is 5.91 Å². The normalized spacial score (nSPS) is 10.4. The second-order valence-corrected chi connectivity index (χ2v) is 4.09. The molecule has 7 heteroatoms. The second kappa shape index (κ2) is 6.67. The van der Waals surface area contributed by atoms with Crippen LogP contribution < -0.4 is 11.1 Å². The Kier molecular flexibility index (Phi) is 4.67. The van der Waals surface area contributed by atoms with Crippen LogP contribution in [0.1, 0.15) is 28.5 Å². The highest BCUT2D eigenvalue weighted by molar-refractivity contribution is 5.95. The van der Waals surface area contributed by atoms with Crippen LogP contribution in [-0.2, 0) is 17.9 Å². The highest BCUT2D eigenvalue weighted by Gasteiger charge is 2.15. The van der Waals surface area contributed by atoms with Crippen molar-refractivity contribution < 1.29 is 14.2 Å². The third-order valence-corrected chi connectivity index (χ3v) is 2.75. The van der Waals surface area contributed by atoms with E-state index < -0.39 is 5.91 Å². The number of aromatic nitrogens is 2. The summed E-state index contributed by atoms with van der Waals surface area (Å²) in [6.45, 7) is 3.44. The molecule has 0 radical (unpaired) electrons. The molecule has 2 rings (SSSR count). The van der Waals surface area contributed by atoms with E-state index in [2.05, 4.69) is 20.3 Å². The number of carbonyl (C=O) groups is 1. The van der Waals surface area contributed by atoms with Gasteiger partial charge in [-0.05, 0) is 28.4 Å². The molecule has 1 aromatic carbocycles. The maximum atomic E-state index is 11.8. The van der Waals surface area contributed by atoms with E-state index in [9.17, 15) is 4.79 Å². The van der Waals surface area contributed by atoms with Gasteiger partial charge in [0.05, 0.1) is 6.61 Å². The molecule has 0 fully saturated rings. The minimum atomic E-state index is -0.421. The number of amides is 1. The van der Waals surface area contributed by atoms with E-state index in [0.29, 0.717) is 19.8 Å². The highest BCUT2D eigenvalue weighted by atomic mass is 16.6. The van der Waals surface area contributed by atoms with Gasteiger partial charge in [-0.25, -0.2) is 4.63 Å². The van der Waals surface area contributed by atoms with Crippen molar-refractivity contribution in [2.24, 2.45) is 0 Å². The summed E-state index contributed by atoms with van der Waals surface area (Å²) in [5.74, 6) is -0.444. The fourth-order valence-electron chi connectivity index (χ4n) is 1.70. The van der Waals surface area contributed by atoms with Gasteiger partial charge in [0.15, 0.2) is 0 Å². The van der Waals surface area contributed by atoms with E-state index in [1.165, 1.54) is 0 Å². The molecule has 0 unspecified atom stereocenters. The molecule has 20 heavy (non-hydrogen) atoms. The Bertz CT molecular complexity index is 583. The number of ether oxygens (including phenoxy) is 1. The zero-order valence-corrected chi connectivity index (χ0v) is 11.1. The number of benzene rings is 1. The van der Waals surface area contributed by atoms with E-state index in [1.54, 1.807) is 0 Å². The molecule has 0 saturated carbocycles. The van der Waals surface area contributed by atoms with Crippen molar-refractivity contribution in [3.8, 4) is 0 Å². The lowest BCUT2D eigenvalue weighted by molar-refractivity contribution is 0.0940. The van der Waals surface area contributed by atoms with Crippen LogP contribution in [0.5, 0.6) is 0 Å². The smallest absolute Gasteiger partial charge is 0.277 e. The Morgan fingerprint density at radius 2 is 2.10 bits per heavy atom. The van der Waals surface area contributed by atoms with Crippen LogP contribution in [-0.4, -0.2) is 22.8 Å². The highest BCUT2D eigenvalue weighted by Crippen LogP contribution is 2.11. The van der Waals surface area contributed by atoms with Crippen LogP contribution in [0.2, 0.25) is 0 Å². The molecule has 1 amide bonds. The number of nitrogens with two attached hydrogens (primary N) is 1. The van der Waals surface area contributed by atoms with Crippen LogP contribution in [0.25, 0.3) is 0 Å². The van der Waals surface area contributed by atoms with Gasteiger partial charge in [-0.3, -0.25) is 4.79 Å². The number of hydrogen-bond donors (Lipinski definition) is 2. The van der Waals surface area contributed by atoms with Gasteiger partial charge in [0.2, 0.25) is 11.5 Å². The molecular formula is C13H16N4O3. The van der Waals surface area contributed by atoms with Gasteiger partial charge < -0.3 is 15.8 Å². The van der Waals surface area contributed by atoms with E-state index in [0.717, 1.165) is 11.1 Å². The Balaban J connectivity index is 2.00. The molecule has 0 bridgehead atoms. The summed E-state index contributed by atoms with van der Waals surface area (Å²) in [5, 5.41) is 9.54. The molecule has 0 aliphatic rings. The Morgan fingerprint density at radius 1 is 1.35 bits per heavy atom. The van der Waals surface area contributed by atoms with Crippen LogP contribution in [0, 0.1) is 0 Å². The summed E-state index contributed by atoms with van der Waals surface area (Å²) < 4.78 is 9.78. The molecule has 7 nitrogen and oxygen atoms in total. The zero-order chi connectivity index (χ0) is 14.4. The Hall–Kier alpha value is -2.41. The zero-order valence-electron chi connectivity index (χ0n) is 11.1. The van der Waals surface area contributed by atoms with Crippen molar-refractivity contribution >= 4 is 11.7 Å². The molecule has 0 atom stereocenters. The van der Waals surface area contributed by atoms with Crippen molar-refractivity contribution in [3.63, 3.8) is 0 Å². The molecule has 2 aromatic rings. The monoisotopic (exact) mass is 276 g/mol. The Labute approximate surface area is 116 Å². The summed E-state index contributed by atoms with van der Waals surface area (Å²) in [5.41, 5.74) is 7.46. The number of carbonyl (C=O) groups excluding carboxylic acids is 1. The van der Waals surface area contributed by atoms with Gasteiger partial charge in [-0.2, -0.15) is 0 Å². The summed E-state index contributed by atoms with van der Waals surface area (Å²) in [7, 11) is 0. The minimum absolute atomic E-state index is 0.00714. The van der Waals surface area contributed by atoms with Crippen molar-refractivity contribution in [2.45, 2.75) is 20.1 Å². The fraction of sp³-hybridized carbons (Fsp3) is 0.308. The predicted molar refractivity (Wildman–Crippen MR) is 71.7 cm³/mol. The SMILES string of the molecule is CCOCc1ccccc1CNC(=O)c1nonc1N. The largest absolute Gasteiger partial charge is 0.379 e. The van der Waals surface area contributed by atoms with Crippen LogP contribution in [0.3, 0.4) is 0 Å².